The number of ether oxygens (including phenoxy) is 3. The molecule has 0 bridgehead atoms. The third kappa shape index (κ3) is 6.51. The Kier molecular flexibility index (Phi) is 8.56. The van der Waals surface area contributed by atoms with Gasteiger partial charge in [0.1, 0.15) is 17.4 Å². The second-order valence-electron chi connectivity index (χ2n) is 10.3. The van der Waals surface area contributed by atoms with Crippen molar-refractivity contribution in [2.75, 3.05) is 57.5 Å². The van der Waals surface area contributed by atoms with Crippen LogP contribution in [0.2, 0.25) is 0 Å². The summed E-state index contributed by atoms with van der Waals surface area (Å²) in [6.45, 7) is 6.63. The van der Waals surface area contributed by atoms with Gasteiger partial charge in [-0.25, -0.2) is 18.7 Å². The summed E-state index contributed by atoms with van der Waals surface area (Å²) in [5, 5.41) is 0. The van der Waals surface area contributed by atoms with E-state index in [0.717, 1.165) is 38.3 Å². The molecule has 1 aromatic heterocycles. The van der Waals surface area contributed by atoms with Gasteiger partial charge >= 0.3 is 0 Å². The molecule has 1 saturated carbocycles. The van der Waals surface area contributed by atoms with Crippen molar-refractivity contribution in [1.29, 1.82) is 0 Å². The number of hydrogen-bond acceptors (Lipinski definition) is 7. The minimum Gasteiger partial charge on any atom is -0.493 e. The van der Waals surface area contributed by atoms with Crippen molar-refractivity contribution >= 4 is 11.9 Å². The maximum atomic E-state index is 14.6. The van der Waals surface area contributed by atoms with Crippen molar-refractivity contribution in [3.05, 3.63) is 41.7 Å². The molecule has 3 aliphatic rings. The lowest BCUT2D eigenvalue weighted by atomic mass is 9.90. The van der Waals surface area contributed by atoms with Crippen molar-refractivity contribution in [3.63, 3.8) is 0 Å². The Hall–Kier alpha value is -3.01. The van der Waals surface area contributed by atoms with E-state index in [2.05, 4.69) is 14.9 Å². The van der Waals surface area contributed by atoms with Crippen LogP contribution in [0.15, 0.2) is 24.5 Å². The summed E-state index contributed by atoms with van der Waals surface area (Å²) < 4.78 is 45.6. The van der Waals surface area contributed by atoms with Crippen LogP contribution in [0.25, 0.3) is 0 Å². The number of anilines is 1. The summed E-state index contributed by atoms with van der Waals surface area (Å²) in [6.07, 6.45) is 7.42. The Morgan fingerprint density at radius 1 is 1.03 bits per heavy atom. The molecule has 2 saturated heterocycles. The predicted molar refractivity (Wildman–Crippen MR) is 137 cm³/mol. The highest BCUT2D eigenvalue weighted by molar-refractivity contribution is 5.79. The molecule has 2 aromatic rings. The zero-order valence-corrected chi connectivity index (χ0v) is 21.9. The number of halogens is 2. The average molecular weight is 531 g/mol. The van der Waals surface area contributed by atoms with Crippen LogP contribution in [-0.2, 0) is 16.0 Å². The molecule has 3 fully saturated rings. The summed E-state index contributed by atoms with van der Waals surface area (Å²) in [6, 6.07) is 2.38. The van der Waals surface area contributed by atoms with Crippen LogP contribution in [-0.4, -0.2) is 73.4 Å². The van der Waals surface area contributed by atoms with Gasteiger partial charge in [-0.15, -0.1) is 0 Å². The Balaban J connectivity index is 1.03. The zero-order valence-electron chi connectivity index (χ0n) is 21.9. The van der Waals surface area contributed by atoms with E-state index in [1.54, 1.807) is 17.3 Å². The van der Waals surface area contributed by atoms with Crippen LogP contribution >= 0.6 is 0 Å². The van der Waals surface area contributed by atoms with Gasteiger partial charge in [0.15, 0.2) is 5.75 Å². The van der Waals surface area contributed by atoms with Gasteiger partial charge in [0.25, 0.3) is 0 Å². The van der Waals surface area contributed by atoms with Crippen molar-refractivity contribution < 1.29 is 27.8 Å². The van der Waals surface area contributed by atoms with Crippen molar-refractivity contribution in [2.24, 2.45) is 17.8 Å². The molecule has 0 N–H and O–H groups in total. The van der Waals surface area contributed by atoms with E-state index >= 15 is 0 Å². The average Bonchev–Trinajstić information content (AvgIpc) is 3.71. The highest BCUT2D eigenvalue weighted by Crippen LogP contribution is 2.49. The normalized spacial score (nSPS) is 21.9. The second kappa shape index (κ2) is 12.2. The fourth-order valence-electron chi connectivity index (χ4n) is 5.66. The van der Waals surface area contributed by atoms with Crippen LogP contribution in [0, 0.1) is 29.4 Å². The first-order valence-electron chi connectivity index (χ1n) is 13.7. The third-order valence-corrected chi connectivity index (χ3v) is 7.89. The minimum absolute atomic E-state index is 0.170. The van der Waals surface area contributed by atoms with E-state index in [0.29, 0.717) is 63.0 Å². The predicted octanol–water partition coefficient (Wildman–Crippen LogP) is 3.88. The number of nitrogens with zero attached hydrogens (tertiary/aromatic N) is 4. The molecule has 0 radical (unpaired) electrons. The number of benzene rings is 1. The van der Waals surface area contributed by atoms with Gasteiger partial charge in [-0.05, 0) is 50.4 Å². The molecular weight excluding hydrogens is 494 g/mol. The van der Waals surface area contributed by atoms with Crippen LogP contribution in [0.5, 0.6) is 11.5 Å². The largest absolute Gasteiger partial charge is 0.493 e. The smallest absolute Gasteiger partial charge is 0.227 e. The van der Waals surface area contributed by atoms with Crippen molar-refractivity contribution in [1.82, 2.24) is 14.9 Å². The minimum atomic E-state index is -0.742. The van der Waals surface area contributed by atoms with Gasteiger partial charge in [0.2, 0.25) is 11.9 Å². The van der Waals surface area contributed by atoms with Crippen molar-refractivity contribution in [2.45, 2.75) is 39.0 Å². The number of aromatic nitrogens is 2. The van der Waals surface area contributed by atoms with Gasteiger partial charge in [-0.1, -0.05) is 0 Å². The van der Waals surface area contributed by atoms with Crippen LogP contribution in [0.3, 0.4) is 0 Å². The molecule has 2 atom stereocenters. The molecule has 0 spiro atoms. The molecule has 2 aliphatic heterocycles. The summed E-state index contributed by atoms with van der Waals surface area (Å²) >= 11 is 0. The fourth-order valence-corrected chi connectivity index (χ4v) is 5.66. The Morgan fingerprint density at radius 3 is 2.37 bits per heavy atom. The highest BCUT2D eigenvalue weighted by atomic mass is 19.1. The molecule has 1 aromatic carbocycles. The molecule has 8 nitrogen and oxygen atoms in total. The number of morpholine rings is 1. The summed E-state index contributed by atoms with van der Waals surface area (Å²) in [5.74, 6) is 1.79. The van der Waals surface area contributed by atoms with E-state index in [1.165, 1.54) is 18.6 Å². The van der Waals surface area contributed by atoms with Gasteiger partial charge < -0.3 is 24.0 Å². The molecule has 5 rings (SSSR count). The lowest BCUT2D eigenvalue weighted by molar-refractivity contribution is -0.134. The number of amides is 1. The first kappa shape index (κ1) is 26.6. The molecule has 1 aliphatic carbocycles. The van der Waals surface area contributed by atoms with E-state index in [-0.39, 0.29) is 23.6 Å². The molecule has 3 heterocycles. The maximum Gasteiger partial charge on any atom is 0.227 e. The molecule has 38 heavy (non-hydrogen) atoms. The topological polar surface area (TPSA) is 77.0 Å². The maximum absolute atomic E-state index is 14.6. The summed E-state index contributed by atoms with van der Waals surface area (Å²) in [4.78, 5) is 25.1. The monoisotopic (exact) mass is 530 g/mol. The van der Waals surface area contributed by atoms with Crippen LogP contribution in [0.1, 0.15) is 38.2 Å². The molecule has 206 valence electrons. The van der Waals surface area contributed by atoms with Crippen molar-refractivity contribution in [3.8, 4) is 11.5 Å². The van der Waals surface area contributed by atoms with Gasteiger partial charge in [-0.2, -0.15) is 0 Å². The van der Waals surface area contributed by atoms with E-state index in [4.69, 9.17) is 14.2 Å². The number of carbonyl (C=O) groups excluding carboxylic acids is 1. The lowest BCUT2D eigenvalue weighted by Gasteiger charge is -2.32. The SMILES string of the molecule is CCOc1cnc(N2CCC([C@@H]3C[C@@H]3CCOc3cc(F)c(CC(=O)N4CCOCC4)c(F)c3)CC2)nc1. The first-order chi connectivity index (χ1) is 18.5. The lowest BCUT2D eigenvalue weighted by Crippen LogP contribution is -2.41. The molecule has 10 heteroatoms. The number of hydrogen-bond donors (Lipinski definition) is 0. The standard InChI is InChI=1S/C28H36F2N4O4/c1-2-37-22-17-31-28(32-18-22)34-6-3-19(4-7-34)23-13-20(23)5-10-38-21-14-25(29)24(26(30)15-21)16-27(35)33-8-11-36-12-9-33/h14-15,17-20,23H,2-13,16H2,1H3/t20-,23-/m0/s1. The number of carbonyl (C=O) groups is 1. The molecule has 0 unspecified atom stereocenters. The third-order valence-electron chi connectivity index (χ3n) is 7.89. The molecular formula is C28H36F2N4O4. The Bertz CT molecular complexity index is 1070. The van der Waals surface area contributed by atoms with Gasteiger partial charge in [0.05, 0.1) is 45.2 Å². The number of rotatable bonds is 10. The highest BCUT2D eigenvalue weighted by Gasteiger charge is 2.43. The van der Waals surface area contributed by atoms with E-state index < -0.39 is 11.6 Å². The zero-order chi connectivity index (χ0) is 26.5. The van der Waals surface area contributed by atoms with Gasteiger partial charge in [-0.3, -0.25) is 4.79 Å². The second-order valence-corrected chi connectivity index (χ2v) is 10.3. The van der Waals surface area contributed by atoms with Crippen LogP contribution in [0.4, 0.5) is 14.7 Å². The van der Waals surface area contributed by atoms with Crippen LogP contribution < -0.4 is 14.4 Å². The Morgan fingerprint density at radius 2 is 1.71 bits per heavy atom. The van der Waals surface area contributed by atoms with E-state index in [1.807, 2.05) is 6.92 Å². The Labute approximate surface area is 222 Å². The van der Waals surface area contributed by atoms with Gasteiger partial charge in [0, 0.05) is 43.9 Å². The van der Waals surface area contributed by atoms with E-state index in [9.17, 15) is 13.6 Å². The fraction of sp³-hybridized carbons (Fsp3) is 0.607. The number of piperidine rings is 1. The summed E-state index contributed by atoms with van der Waals surface area (Å²) in [7, 11) is 0. The summed E-state index contributed by atoms with van der Waals surface area (Å²) in [5.41, 5.74) is -0.210. The molecule has 1 amide bonds. The quantitative estimate of drug-likeness (QED) is 0.462. The first-order valence-corrected chi connectivity index (χ1v) is 13.7.